The number of hydrogen-bond donors (Lipinski definition) is 2. The van der Waals surface area contributed by atoms with Crippen LogP contribution in [0.4, 0.5) is 5.69 Å². The van der Waals surface area contributed by atoms with Gasteiger partial charge in [-0.2, -0.15) is 0 Å². The lowest BCUT2D eigenvalue weighted by molar-refractivity contribution is 0.475. The van der Waals surface area contributed by atoms with Crippen molar-refractivity contribution in [3.8, 4) is 5.75 Å². The normalized spacial score (nSPS) is 9.73. The van der Waals surface area contributed by atoms with Gasteiger partial charge in [0.25, 0.3) is 0 Å². The predicted molar refractivity (Wildman–Crippen MR) is 47.4 cm³/mol. The van der Waals surface area contributed by atoms with Crippen molar-refractivity contribution in [3.05, 3.63) is 22.7 Å². The molecule has 60 valence electrons. The molecule has 0 unspecified atom stereocenters. The van der Waals surface area contributed by atoms with Gasteiger partial charge >= 0.3 is 0 Å². The first-order valence-electron chi connectivity index (χ1n) is 3.32. The van der Waals surface area contributed by atoms with E-state index >= 15 is 0 Å². The van der Waals surface area contributed by atoms with Crippen LogP contribution >= 0.6 is 11.6 Å². The minimum Gasteiger partial charge on any atom is -0.508 e. The summed E-state index contributed by atoms with van der Waals surface area (Å²) < 4.78 is 0. The number of hydrogen-bond acceptors (Lipinski definition) is 2. The highest BCUT2D eigenvalue weighted by Gasteiger charge is 2.02. The molecule has 0 saturated heterocycles. The number of halogens is 1. The molecule has 0 saturated carbocycles. The Hall–Kier alpha value is -0.890. The van der Waals surface area contributed by atoms with Gasteiger partial charge in [-0.25, -0.2) is 0 Å². The topological polar surface area (TPSA) is 32.3 Å². The zero-order valence-corrected chi connectivity index (χ0v) is 7.24. The summed E-state index contributed by atoms with van der Waals surface area (Å²) in [7, 11) is 1.79. The molecular weight excluding hydrogens is 162 g/mol. The van der Waals surface area contributed by atoms with Gasteiger partial charge in [0.05, 0.1) is 0 Å². The molecule has 0 radical (unpaired) electrons. The molecule has 0 bridgehead atoms. The summed E-state index contributed by atoms with van der Waals surface area (Å²) in [6.07, 6.45) is 0. The van der Waals surface area contributed by atoms with E-state index in [-0.39, 0.29) is 5.75 Å². The Labute approximate surface area is 70.8 Å². The molecule has 1 aromatic rings. The second-order valence-corrected chi connectivity index (χ2v) is 2.76. The van der Waals surface area contributed by atoms with E-state index in [0.29, 0.717) is 5.02 Å². The first-order valence-corrected chi connectivity index (χ1v) is 3.70. The highest BCUT2D eigenvalue weighted by Crippen LogP contribution is 2.28. The van der Waals surface area contributed by atoms with E-state index in [9.17, 15) is 0 Å². The standard InChI is InChI=1S/C8H10ClNO/c1-5-7(9)3-6(11)4-8(5)10-2/h3-4,10-11H,1-2H3. The molecule has 0 atom stereocenters. The summed E-state index contributed by atoms with van der Waals surface area (Å²) in [6, 6.07) is 3.17. The maximum absolute atomic E-state index is 9.12. The third kappa shape index (κ3) is 1.57. The largest absolute Gasteiger partial charge is 0.508 e. The minimum absolute atomic E-state index is 0.185. The van der Waals surface area contributed by atoms with Gasteiger partial charge in [-0.3, -0.25) is 0 Å². The Bertz CT molecular complexity index is 273. The van der Waals surface area contributed by atoms with Crippen LogP contribution in [0.15, 0.2) is 12.1 Å². The van der Waals surface area contributed by atoms with Crippen molar-refractivity contribution in [3.63, 3.8) is 0 Å². The smallest absolute Gasteiger partial charge is 0.119 e. The van der Waals surface area contributed by atoms with Crippen molar-refractivity contribution < 1.29 is 5.11 Å². The van der Waals surface area contributed by atoms with Gasteiger partial charge in [-0.1, -0.05) is 11.6 Å². The molecule has 0 fully saturated rings. The van der Waals surface area contributed by atoms with Crippen LogP contribution in [0.25, 0.3) is 0 Å². The second kappa shape index (κ2) is 3.01. The van der Waals surface area contributed by atoms with Crippen LogP contribution in [0.5, 0.6) is 5.75 Å². The number of phenolic OH excluding ortho intramolecular Hbond substituents is 1. The molecule has 0 spiro atoms. The number of rotatable bonds is 1. The lowest BCUT2D eigenvalue weighted by atomic mass is 10.2. The third-order valence-electron chi connectivity index (χ3n) is 1.60. The quantitative estimate of drug-likeness (QED) is 0.680. The summed E-state index contributed by atoms with van der Waals surface area (Å²) in [5.41, 5.74) is 1.81. The van der Waals surface area contributed by atoms with Crippen LogP contribution in [0, 0.1) is 6.92 Å². The van der Waals surface area contributed by atoms with Crippen LogP contribution in [0.3, 0.4) is 0 Å². The van der Waals surface area contributed by atoms with Crippen molar-refractivity contribution in [1.29, 1.82) is 0 Å². The van der Waals surface area contributed by atoms with Crippen LogP contribution in [-0.4, -0.2) is 12.2 Å². The fraction of sp³-hybridized carbons (Fsp3) is 0.250. The maximum atomic E-state index is 9.12. The molecule has 2 N–H and O–H groups in total. The number of aromatic hydroxyl groups is 1. The Kier molecular flexibility index (Phi) is 2.25. The Morgan fingerprint density at radius 1 is 1.45 bits per heavy atom. The van der Waals surface area contributed by atoms with Gasteiger partial charge in [0, 0.05) is 23.8 Å². The Morgan fingerprint density at radius 2 is 2.09 bits per heavy atom. The van der Waals surface area contributed by atoms with Crippen molar-refractivity contribution in [2.45, 2.75) is 6.92 Å². The average molecular weight is 172 g/mol. The Balaban J connectivity index is 3.24. The highest BCUT2D eigenvalue weighted by molar-refractivity contribution is 6.31. The van der Waals surface area contributed by atoms with E-state index in [0.717, 1.165) is 11.3 Å². The van der Waals surface area contributed by atoms with Gasteiger partial charge < -0.3 is 10.4 Å². The fourth-order valence-corrected chi connectivity index (χ4v) is 1.14. The summed E-state index contributed by atoms with van der Waals surface area (Å²) in [5.74, 6) is 0.185. The lowest BCUT2D eigenvalue weighted by Crippen LogP contribution is -1.91. The lowest BCUT2D eigenvalue weighted by Gasteiger charge is -2.06. The molecule has 0 aliphatic carbocycles. The average Bonchev–Trinajstić information content (AvgIpc) is 1.96. The van der Waals surface area contributed by atoms with Gasteiger partial charge in [0.15, 0.2) is 0 Å². The third-order valence-corrected chi connectivity index (χ3v) is 1.99. The molecule has 1 aromatic carbocycles. The van der Waals surface area contributed by atoms with Crippen LogP contribution in [-0.2, 0) is 0 Å². The van der Waals surface area contributed by atoms with Gasteiger partial charge in [0.2, 0.25) is 0 Å². The minimum atomic E-state index is 0.185. The summed E-state index contributed by atoms with van der Waals surface area (Å²) in [4.78, 5) is 0. The van der Waals surface area contributed by atoms with E-state index in [1.165, 1.54) is 6.07 Å². The molecule has 11 heavy (non-hydrogen) atoms. The molecule has 0 amide bonds. The van der Waals surface area contributed by atoms with Crippen LogP contribution in [0.2, 0.25) is 5.02 Å². The molecule has 0 aliphatic heterocycles. The summed E-state index contributed by atoms with van der Waals surface area (Å²) >= 11 is 5.80. The first-order chi connectivity index (χ1) is 5.15. The van der Waals surface area contributed by atoms with E-state index in [1.807, 2.05) is 6.92 Å². The maximum Gasteiger partial charge on any atom is 0.119 e. The van der Waals surface area contributed by atoms with Crippen LogP contribution in [0.1, 0.15) is 5.56 Å². The fourth-order valence-electron chi connectivity index (χ4n) is 0.924. The second-order valence-electron chi connectivity index (χ2n) is 2.35. The molecular formula is C8H10ClNO. The van der Waals surface area contributed by atoms with E-state index in [1.54, 1.807) is 13.1 Å². The van der Waals surface area contributed by atoms with Gasteiger partial charge in [-0.05, 0) is 18.6 Å². The van der Waals surface area contributed by atoms with Crippen molar-refractivity contribution >= 4 is 17.3 Å². The predicted octanol–water partition coefficient (Wildman–Crippen LogP) is 2.40. The van der Waals surface area contributed by atoms with Gasteiger partial charge in [-0.15, -0.1) is 0 Å². The van der Waals surface area contributed by atoms with E-state index in [4.69, 9.17) is 16.7 Å². The number of phenols is 1. The highest BCUT2D eigenvalue weighted by atomic mass is 35.5. The molecule has 1 rings (SSSR count). The summed E-state index contributed by atoms with van der Waals surface area (Å²) in [6.45, 7) is 1.90. The number of nitrogens with one attached hydrogen (secondary N) is 1. The molecule has 0 aliphatic rings. The zero-order valence-electron chi connectivity index (χ0n) is 6.48. The number of benzene rings is 1. The van der Waals surface area contributed by atoms with E-state index < -0.39 is 0 Å². The zero-order chi connectivity index (χ0) is 8.43. The van der Waals surface area contributed by atoms with Crippen molar-refractivity contribution in [1.82, 2.24) is 0 Å². The number of anilines is 1. The SMILES string of the molecule is CNc1cc(O)cc(Cl)c1C. The summed E-state index contributed by atoms with van der Waals surface area (Å²) in [5, 5.41) is 12.6. The molecule has 3 heteroatoms. The molecule has 0 aromatic heterocycles. The monoisotopic (exact) mass is 171 g/mol. The molecule has 0 heterocycles. The van der Waals surface area contributed by atoms with Crippen molar-refractivity contribution in [2.75, 3.05) is 12.4 Å². The van der Waals surface area contributed by atoms with Gasteiger partial charge in [0.1, 0.15) is 5.75 Å². The van der Waals surface area contributed by atoms with Crippen LogP contribution < -0.4 is 5.32 Å². The van der Waals surface area contributed by atoms with E-state index in [2.05, 4.69) is 5.32 Å². The van der Waals surface area contributed by atoms with Crippen molar-refractivity contribution in [2.24, 2.45) is 0 Å². The molecule has 2 nitrogen and oxygen atoms in total. The first kappa shape index (κ1) is 8.21. The Morgan fingerprint density at radius 3 is 2.64 bits per heavy atom.